The number of alkyl halides is 1. The number of hydrogen-bond acceptors (Lipinski definition) is 3. The van der Waals surface area contributed by atoms with Crippen molar-refractivity contribution in [1.82, 2.24) is 15.1 Å². The average molecular weight is 270 g/mol. The summed E-state index contributed by atoms with van der Waals surface area (Å²) in [6, 6.07) is 3.02. The Bertz CT molecular complexity index is 448. The molecule has 1 aliphatic carbocycles. The monoisotopic (exact) mass is 269 g/mol. The summed E-state index contributed by atoms with van der Waals surface area (Å²) >= 11 is 5.76. The summed E-state index contributed by atoms with van der Waals surface area (Å²) < 4.78 is 0. The third-order valence-corrected chi connectivity index (χ3v) is 3.42. The van der Waals surface area contributed by atoms with E-state index in [9.17, 15) is 9.59 Å². The van der Waals surface area contributed by atoms with Crippen LogP contribution in [0.4, 0.5) is 0 Å². The lowest BCUT2D eigenvalue weighted by Crippen LogP contribution is -2.40. The van der Waals surface area contributed by atoms with Gasteiger partial charge < -0.3 is 4.90 Å². The fourth-order valence-electron chi connectivity index (χ4n) is 2.37. The minimum atomic E-state index is -0.309. The van der Waals surface area contributed by atoms with Crippen molar-refractivity contribution in [3.8, 4) is 0 Å². The average Bonchev–Trinajstić information content (AvgIpc) is 2.90. The van der Waals surface area contributed by atoms with E-state index in [1.807, 2.05) is 0 Å². The van der Waals surface area contributed by atoms with Gasteiger partial charge in [0.25, 0.3) is 11.5 Å². The zero-order valence-corrected chi connectivity index (χ0v) is 10.8. The molecule has 0 spiro atoms. The molecule has 1 saturated carbocycles. The van der Waals surface area contributed by atoms with Gasteiger partial charge in [-0.3, -0.25) is 9.59 Å². The molecule has 18 heavy (non-hydrogen) atoms. The molecule has 1 aromatic heterocycles. The maximum absolute atomic E-state index is 12.3. The SMILES string of the molecule is O=C(c1ccc(=O)[nH]n1)N(CCCl)C1CCCC1. The van der Waals surface area contributed by atoms with E-state index in [0.717, 1.165) is 25.7 Å². The van der Waals surface area contributed by atoms with Gasteiger partial charge in [-0.25, -0.2) is 5.10 Å². The number of halogens is 1. The van der Waals surface area contributed by atoms with Gasteiger partial charge in [-0.1, -0.05) is 12.8 Å². The Morgan fingerprint density at radius 2 is 2.17 bits per heavy atom. The number of hydrogen-bond donors (Lipinski definition) is 1. The second-order valence-corrected chi connectivity index (χ2v) is 4.81. The van der Waals surface area contributed by atoms with Gasteiger partial charge in [0, 0.05) is 24.5 Å². The second kappa shape index (κ2) is 6.00. The minimum absolute atomic E-state index is 0.154. The molecule has 1 amide bonds. The molecule has 1 aliphatic rings. The van der Waals surface area contributed by atoms with Crippen molar-refractivity contribution in [2.45, 2.75) is 31.7 Å². The van der Waals surface area contributed by atoms with Gasteiger partial charge >= 0.3 is 0 Å². The van der Waals surface area contributed by atoms with Crippen LogP contribution in [-0.4, -0.2) is 39.5 Å². The first-order chi connectivity index (χ1) is 8.72. The lowest BCUT2D eigenvalue weighted by molar-refractivity contribution is 0.0687. The van der Waals surface area contributed by atoms with E-state index >= 15 is 0 Å². The van der Waals surface area contributed by atoms with Gasteiger partial charge in [0.05, 0.1) is 0 Å². The topological polar surface area (TPSA) is 66.1 Å². The Balaban J connectivity index is 2.16. The Labute approximate surface area is 110 Å². The molecule has 1 fully saturated rings. The lowest BCUT2D eigenvalue weighted by atomic mass is 10.2. The molecule has 98 valence electrons. The fourth-order valence-corrected chi connectivity index (χ4v) is 2.55. The molecule has 0 aromatic carbocycles. The summed E-state index contributed by atoms with van der Waals surface area (Å²) in [6.45, 7) is 0.520. The van der Waals surface area contributed by atoms with Gasteiger partial charge in [0.1, 0.15) is 5.69 Å². The number of nitrogens with zero attached hydrogens (tertiary/aromatic N) is 2. The maximum Gasteiger partial charge on any atom is 0.274 e. The molecule has 0 radical (unpaired) electrons. The van der Waals surface area contributed by atoms with E-state index in [0.29, 0.717) is 12.4 Å². The maximum atomic E-state index is 12.3. The largest absolute Gasteiger partial charge is 0.333 e. The molecule has 0 bridgehead atoms. The van der Waals surface area contributed by atoms with Crippen molar-refractivity contribution in [1.29, 1.82) is 0 Å². The summed E-state index contributed by atoms with van der Waals surface area (Å²) in [7, 11) is 0. The van der Waals surface area contributed by atoms with E-state index in [2.05, 4.69) is 10.2 Å². The summed E-state index contributed by atoms with van der Waals surface area (Å²) in [6.07, 6.45) is 4.34. The lowest BCUT2D eigenvalue weighted by Gasteiger charge is -2.27. The molecule has 2 rings (SSSR count). The first-order valence-electron chi connectivity index (χ1n) is 6.15. The third kappa shape index (κ3) is 2.90. The molecule has 0 atom stereocenters. The van der Waals surface area contributed by atoms with Gasteiger partial charge in [-0.15, -0.1) is 11.6 Å². The van der Waals surface area contributed by atoms with Crippen LogP contribution in [0.5, 0.6) is 0 Å². The number of rotatable bonds is 4. The predicted molar refractivity (Wildman–Crippen MR) is 68.9 cm³/mol. The van der Waals surface area contributed by atoms with Crippen LogP contribution in [0, 0.1) is 0 Å². The summed E-state index contributed by atoms with van der Waals surface area (Å²) in [5, 5.41) is 6.06. The summed E-state index contributed by atoms with van der Waals surface area (Å²) in [5.74, 6) is 0.254. The Kier molecular flexibility index (Phi) is 4.36. The van der Waals surface area contributed by atoms with Gasteiger partial charge in [-0.2, -0.15) is 5.10 Å². The highest BCUT2D eigenvalue weighted by Crippen LogP contribution is 2.24. The van der Waals surface area contributed by atoms with Crippen LogP contribution in [0.15, 0.2) is 16.9 Å². The van der Waals surface area contributed by atoms with Gasteiger partial charge in [0.15, 0.2) is 0 Å². The van der Waals surface area contributed by atoms with Crippen molar-refractivity contribution < 1.29 is 4.79 Å². The first kappa shape index (κ1) is 13.1. The molecule has 0 unspecified atom stereocenters. The van der Waals surface area contributed by atoms with Gasteiger partial charge in [0.2, 0.25) is 0 Å². The highest BCUT2D eigenvalue weighted by atomic mass is 35.5. The molecule has 1 N–H and O–H groups in total. The normalized spacial score (nSPS) is 15.8. The fraction of sp³-hybridized carbons (Fsp3) is 0.583. The van der Waals surface area contributed by atoms with E-state index < -0.39 is 0 Å². The van der Waals surface area contributed by atoms with Crippen LogP contribution in [0.1, 0.15) is 36.2 Å². The van der Waals surface area contributed by atoms with Crippen molar-refractivity contribution in [3.05, 3.63) is 28.2 Å². The predicted octanol–water partition coefficient (Wildman–Crippen LogP) is 1.39. The molecular formula is C12H16ClN3O2. The number of amides is 1. The highest BCUT2D eigenvalue weighted by molar-refractivity contribution is 6.18. The number of H-pyrrole nitrogens is 1. The summed E-state index contributed by atoms with van der Waals surface area (Å²) in [5.41, 5.74) is -0.0390. The van der Waals surface area contributed by atoms with Crippen LogP contribution in [0.3, 0.4) is 0 Å². The number of aromatic amines is 1. The van der Waals surface area contributed by atoms with Crippen molar-refractivity contribution in [3.63, 3.8) is 0 Å². The Hall–Kier alpha value is -1.36. The van der Waals surface area contributed by atoms with E-state index in [1.165, 1.54) is 12.1 Å². The highest BCUT2D eigenvalue weighted by Gasteiger charge is 2.27. The summed E-state index contributed by atoms with van der Waals surface area (Å²) in [4.78, 5) is 25.0. The van der Waals surface area contributed by atoms with Crippen LogP contribution < -0.4 is 5.56 Å². The number of nitrogens with one attached hydrogen (secondary N) is 1. The van der Waals surface area contributed by atoms with E-state index in [1.54, 1.807) is 4.90 Å². The van der Waals surface area contributed by atoms with E-state index in [4.69, 9.17) is 11.6 Å². The molecule has 5 nitrogen and oxygen atoms in total. The zero-order valence-electron chi connectivity index (χ0n) is 10.1. The standard InChI is InChI=1S/C12H16ClN3O2/c13-7-8-16(9-3-1-2-4-9)12(18)10-5-6-11(17)15-14-10/h5-6,9H,1-4,7-8H2,(H,15,17). The quantitative estimate of drug-likeness (QED) is 0.840. The minimum Gasteiger partial charge on any atom is -0.333 e. The van der Waals surface area contributed by atoms with E-state index in [-0.39, 0.29) is 23.2 Å². The number of carbonyl (C=O) groups excluding carboxylic acids is 1. The van der Waals surface area contributed by atoms with Crippen LogP contribution in [0.2, 0.25) is 0 Å². The smallest absolute Gasteiger partial charge is 0.274 e. The molecular weight excluding hydrogens is 254 g/mol. The zero-order chi connectivity index (χ0) is 13.0. The molecule has 1 aromatic rings. The Morgan fingerprint density at radius 3 is 2.72 bits per heavy atom. The first-order valence-corrected chi connectivity index (χ1v) is 6.68. The van der Waals surface area contributed by atoms with Crippen LogP contribution >= 0.6 is 11.6 Å². The molecule has 1 heterocycles. The molecule has 0 saturated heterocycles. The van der Waals surface area contributed by atoms with Crippen molar-refractivity contribution in [2.75, 3.05) is 12.4 Å². The molecule has 6 heteroatoms. The second-order valence-electron chi connectivity index (χ2n) is 4.43. The van der Waals surface area contributed by atoms with Gasteiger partial charge in [-0.05, 0) is 18.9 Å². The number of carbonyl (C=O) groups is 1. The van der Waals surface area contributed by atoms with Crippen molar-refractivity contribution >= 4 is 17.5 Å². The van der Waals surface area contributed by atoms with Crippen molar-refractivity contribution in [2.24, 2.45) is 0 Å². The molecule has 0 aliphatic heterocycles. The third-order valence-electron chi connectivity index (χ3n) is 3.25. The Morgan fingerprint density at radius 1 is 1.44 bits per heavy atom. The number of aromatic nitrogens is 2. The van der Waals surface area contributed by atoms with Crippen LogP contribution in [0.25, 0.3) is 0 Å². The van der Waals surface area contributed by atoms with Crippen LogP contribution in [-0.2, 0) is 0 Å².